The number of methoxy groups -OCH3 is 1. The van der Waals surface area contributed by atoms with Gasteiger partial charge in [0.05, 0.1) is 19.8 Å². The zero-order chi connectivity index (χ0) is 29.9. The van der Waals surface area contributed by atoms with Gasteiger partial charge in [0.1, 0.15) is 12.2 Å². The van der Waals surface area contributed by atoms with E-state index in [0.717, 1.165) is 27.8 Å². The molecule has 0 aliphatic rings. The van der Waals surface area contributed by atoms with Gasteiger partial charge in [-0.3, -0.25) is 0 Å². The van der Waals surface area contributed by atoms with Gasteiger partial charge in [-0.1, -0.05) is 133 Å². The first-order chi connectivity index (χ1) is 21.2. The fourth-order valence-electron chi connectivity index (χ4n) is 5.50. The fraction of sp³-hybridized carbons (Fsp3) is 0.179. The summed E-state index contributed by atoms with van der Waals surface area (Å²) < 4.78 is 18.8. The number of allylic oxidation sites excluding steroid dienone is 1. The average Bonchev–Trinajstić information content (AvgIpc) is 3.08. The SMILES string of the molecule is C=CC[C@@H](COC(c1ccccc1)(c1ccccc1)c1ccccc1)[C@H](O)c1ccc(OCc2ccccc2)c(OC)c1. The number of hydrogen-bond acceptors (Lipinski definition) is 4. The van der Waals surface area contributed by atoms with Crippen molar-refractivity contribution in [2.24, 2.45) is 5.92 Å². The highest BCUT2D eigenvalue weighted by atomic mass is 16.5. The Hall–Kier alpha value is -4.64. The third kappa shape index (κ3) is 6.89. The van der Waals surface area contributed by atoms with Gasteiger partial charge in [-0.05, 0) is 46.4 Å². The van der Waals surface area contributed by atoms with Crippen molar-refractivity contribution in [2.45, 2.75) is 24.7 Å². The second-order valence-corrected chi connectivity index (χ2v) is 10.5. The summed E-state index contributed by atoms with van der Waals surface area (Å²) in [6.07, 6.45) is 1.57. The van der Waals surface area contributed by atoms with E-state index in [0.29, 0.717) is 24.5 Å². The van der Waals surface area contributed by atoms with Crippen LogP contribution < -0.4 is 9.47 Å². The standard InChI is InChI=1S/C39H38O4/c1-3-16-32(38(40)31-25-26-36(37(27-31)41-2)42-28-30-17-8-4-9-18-30)29-43-39(33-19-10-5-11-20-33,34-21-12-6-13-22-34)35-23-14-7-15-24-35/h3-15,17-27,32,38,40H,1,16,28-29H2,2H3/t32-,38+/m0/s1. The lowest BCUT2D eigenvalue weighted by atomic mass is 9.80. The van der Waals surface area contributed by atoms with Crippen LogP contribution in [0.4, 0.5) is 0 Å². The van der Waals surface area contributed by atoms with Gasteiger partial charge in [-0.25, -0.2) is 0 Å². The first-order valence-electron chi connectivity index (χ1n) is 14.6. The van der Waals surface area contributed by atoms with E-state index < -0.39 is 11.7 Å². The van der Waals surface area contributed by atoms with Gasteiger partial charge >= 0.3 is 0 Å². The zero-order valence-corrected chi connectivity index (χ0v) is 24.5. The Kier molecular flexibility index (Phi) is 10.1. The summed E-state index contributed by atoms with van der Waals surface area (Å²) in [6.45, 7) is 4.69. The minimum atomic E-state index is -0.879. The Morgan fingerprint density at radius 1 is 0.698 bits per heavy atom. The third-order valence-electron chi connectivity index (χ3n) is 7.74. The predicted molar refractivity (Wildman–Crippen MR) is 172 cm³/mol. The van der Waals surface area contributed by atoms with Crippen LogP contribution in [0.3, 0.4) is 0 Å². The first-order valence-corrected chi connectivity index (χ1v) is 14.6. The van der Waals surface area contributed by atoms with Crippen LogP contribution in [0.5, 0.6) is 11.5 Å². The number of aliphatic hydroxyl groups excluding tert-OH is 1. The Balaban J connectivity index is 1.45. The molecule has 0 radical (unpaired) electrons. The Morgan fingerprint density at radius 2 is 1.21 bits per heavy atom. The molecular weight excluding hydrogens is 532 g/mol. The van der Waals surface area contributed by atoms with E-state index in [4.69, 9.17) is 14.2 Å². The minimum absolute atomic E-state index is 0.270. The molecule has 0 heterocycles. The summed E-state index contributed by atoms with van der Waals surface area (Å²) in [7, 11) is 1.61. The fourth-order valence-corrected chi connectivity index (χ4v) is 5.50. The van der Waals surface area contributed by atoms with Crippen LogP contribution in [0.2, 0.25) is 0 Å². The summed E-state index contributed by atoms with van der Waals surface area (Å²) in [6, 6.07) is 46.4. The molecule has 5 rings (SSSR count). The molecule has 0 saturated carbocycles. The van der Waals surface area contributed by atoms with Gasteiger partial charge in [0.15, 0.2) is 11.5 Å². The molecule has 218 valence electrons. The van der Waals surface area contributed by atoms with E-state index in [1.165, 1.54) is 0 Å². The molecule has 0 bridgehead atoms. The lowest BCUT2D eigenvalue weighted by Gasteiger charge is -2.37. The third-order valence-corrected chi connectivity index (χ3v) is 7.74. The van der Waals surface area contributed by atoms with Crippen LogP contribution in [0.15, 0.2) is 152 Å². The number of hydrogen-bond donors (Lipinski definition) is 1. The molecule has 4 nitrogen and oxygen atoms in total. The van der Waals surface area contributed by atoms with Crippen LogP contribution in [0.1, 0.15) is 40.3 Å². The largest absolute Gasteiger partial charge is 0.493 e. The summed E-state index contributed by atoms with van der Waals surface area (Å²) in [5, 5.41) is 11.7. The molecule has 5 aromatic rings. The molecule has 4 heteroatoms. The lowest BCUT2D eigenvalue weighted by molar-refractivity contribution is -0.0379. The molecule has 43 heavy (non-hydrogen) atoms. The van der Waals surface area contributed by atoms with Gasteiger partial charge in [-0.2, -0.15) is 0 Å². The molecule has 0 aliphatic carbocycles. The summed E-state index contributed by atoms with van der Waals surface area (Å²) in [4.78, 5) is 0. The second kappa shape index (κ2) is 14.5. The molecule has 1 N–H and O–H groups in total. The normalized spacial score (nSPS) is 12.7. The smallest absolute Gasteiger partial charge is 0.161 e. The number of benzene rings is 5. The van der Waals surface area contributed by atoms with Crippen LogP contribution in [-0.4, -0.2) is 18.8 Å². The minimum Gasteiger partial charge on any atom is -0.493 e. The number of rotatable bonds is 14. The topological polar surface area (TPSA) is 47.9 Å². The average molecular weight is 571 g/mol. The van der Waals surface area contributed by atoms with Crippen molar-refractivity contribution in [3.8, 4) is 11.5 Å². The predicted octanol–water partition coefficient (Wildman–Crippen LogP) is 8.51. The molecule has 0 saturated heterocycles. The quantitative estimate of drug-likeness (QED) is 0.107. The first kappa shape index (κ1) is 29.8. The highest BCUT2D eigenvalue weighted by Crippen LogP contribution is 2.42. The van der Waals surface area contributed by atoms with Crippen molar-refractivity contribution in [2.75, 3.05) is 13.7 Å². The Bertz CT molecular complexity index is 1460. The van der Waals surface area contributed by atoms with Gasteiger partial charge in [-0.15, -0.1) is 6.58 Å². The van der Waals surface area contributed by atoms with Crippen LogP contribution >= 0.6 is 0 Å². The Morgan fingerprint density at radius 3 is 1.70 bits per heavy atom. The van der Waals surface area contributed by atoms with Gasteiger partial charge in [0, 0.05) is 5.92 Å². The molecule has 0 unspecified atom stereocenters. The van der Waals surface area contributed by atoms with Crippen LogP contribution in [-0.2, 0) is 16.9 Å². The summed E-state index contributed by atoms with van der Waals surface area (Å²) >= 11 is 0. The van der Waals surface area contributed by atoms with E-state index >= 15 is 0 Å². The van der Waals surface area contributed by atoms with Gasteiger partial charge in [0.25, 0.3) is 0 Å². The summed E-state index contributed by atoms with van der Waals surface area (Å²) in [5.41, 5.74) is 3.96. The van der Waals surface area contributed by atoms with Crippen molar-refractivity contribution in [1.29, 1.82) is 0 Å². The highest BCUT2D eigenvalue weighted by molar-refractivity contribution is 5.48. The number of ether oxygens (including phenoxy) is 3. The lowest BCUT2D eigenvalue weighted by Crippen LogP contribution is -2.35. The molecule has 0 spiro atoms. The van der Waals surface area contributed by atoms with Crippen molar-refractivity contribution >= 4 is 0 Å². The maximum atomic E-state index is 11.7. The van der Waals surface area contributed by atoms with Gasteiger partial charge in [0.2, 0.25) is 0 Å². The van der Waals surface area contributed by atoms with Crippen molar-refractivity contribution < 1.29 is 19.3 Å². The van der Waals surface area contributed by atoms with Gasteiger partial charge < -0.3 is 19.3 Å². The van der Waals surface area contributed by atoms with E-state index in [-0.39, 0.29) is 12.5 Å². The molecule has 0 aliphatic heterocycles. The molecule has 0 aromatic heterocycles. The molecule has 0 amide bonds. The molecule has 0 fully saturated rings. The van der Waals surface area contributed by atoms with Crippen molar-refractivity contribution in [3.63, 3.8) is 0 Å². The molecule has 5 aromatic carbocycles. The van der Waals surface area contributed by atoms with E-state index in [1.54, 1.807) is 7.11 Å². The highest BCUT2D eigenvalue weighted by Gasteiger charge is 2.38. The maximum Gasteiger partial charge on any atom is 0.161 e. The summed E-state index contributed by atoms with van der Waals surface area (Å²) in [5.74, 6) is 0.918. The van der Waals surface area contributed by atoms with E-state index in [9.17, 15) is 5.11 Å². The molecular formula is C39H38O4. The monoisotopic (exact) mass is 570 g/mol. The zero-order valence-electron chi connectivity index (χ0n) is 24.5. The van der Waals surface area contributed by atoms with E-state index in [1.807, 2.05) is 109 Å². The van der Waals surface area contributed by atoms with Crippen LogP contribution in [0, 0.1) is 5.92 Å². The molecule has 2 atom stereocenters. The number of aliphatic hydroxyl groups is 1. The van der Waals surface area contributed by atoms with E-state index in [2.05, 4.69) is 43.0 Å². The van der Waals surface area contributed by atoms with Crippen LogP contribution in [0.25, 0.3) is 0 Å². The van der Waals surface area contributed by atoms with Crippen molar-refractivity contribution in [1.82, 2.24) is 0 Å². The second-order valence-electron chi connectivity index (χ2n) is 10.5. The van der Waals surface area contributed by atoms with Crippen molar-refractivity contribution in [3.05, 3.63) is 180 Å². The Labute approximate surface area is 254 Å². The maximum absolute atomic E-state index is 11.7.